The third-order valence-electron chi connectivity index (χ3n) is 3.73. The number of hydrogen-bond donors (Lipinski definition) is 1. The predicted octanol–water partition coefficient (Wildman–Crippen LogP) is 2.51. The normalized spacial score (nSPS) is 20.1. The van der Waals surface area contributed by atoms with Crippen molar-refractivity contribution in [2.24, 2.45) is 10.7 Å². The van der Waals surface area contributed by atoms with Gasteiger partial charge in [-0.25, -0.2) is 4.99 Å². The van der Waals surface area contributed by atoms with Crippen molar-refractivity contribution in [2.75, 3.05) is 20.7 Å². The lowest BCUT2D eigenvalue weighted by molar-refractivity contribution is 0.322. The Hall–Kier alpha value is -1.81. The van der Waals surface area contributed by atoms with E-state index < -0.39 is 0 Å². The van der Waals surface area contributed by atoms with Gasteiger partial charge in [-0.2, -0.15) is 0 Å². The number of aryl methyl sites for hydroxylation is 1. The smallest absolute Gasteiger partial charge is 0.124 e. The van der Waals surface area contributed by atoms with Gasteiger partial charge in [0, 0.05) is 17.8 Å². The molecule has 0 radical (unpaired) electrons. The van der Waals surface area contributed by atoms with E-state index in [1.54, 1.807) is 7.11 Å². The Balaban J connectivity index is 2.46. The van der Waals surface area contributed by atoms with Gasteiger partial charge in [0.15, 0.2) is 0 Å². The van der Waals surface area contributed by atoms with Crippen molar-refractivity contribution in [2.45, 2.75) is 26.3 Å². The number of hydrogen-bond acceptors (Lipinski definition) is 4. The van der Waals surface area contributed by atoms with E-state index in [1.165, 1.54) is 5.56 Å². The molecule has 0 amide bonds. The minimum atomic E-state index is 0.0909. The van der Waals surface area contributed by atoms with Crippen molar-refractivity contribution in [3.8, 4) is 5.75 Å². The van der Waals surface area contributed by atoms with Gasteiger partial charge < -0.3 is 10.5 Å². The fourth-order valence-electron chi connectivity index (χ4n) is 2.64. The van der Waals surface area contributed by atoms with E-state index in [0.29, 0.717) is 5.82 Å². The zero-order valence-corrected chi connectivity index (χ0v) is 12.7. The Morgan fingerprint density at radius 1 is 1.45 bits per heavy atom. The summed E-state index contributed by atoms with van der Waals surface area (Å²) < 4.78 is 5.58. The van der Waals surface area contributed by atoms with Crippen LogP contribution in [-0.4, -0.2) is 31.3 Å². The van der Waals surface area contributed by atoms with E-state index >= 15 is 0 Å². The van der Waals surface area contributed by atoms with Gasteiger partial charge in [-0.15, -0.1) is 0 Å². The van der Waals surface area contributed by atoms with Crippen LogP contribution in [0.2, 0.25) is 0 Å². The van der Waals surface area contributed by atoms with Crippen molar-refractivity contribution in [3.63, 3.8) is 0 Å². The molecular formula is C16H23N3O. The van der Waals surface area contributed by atoms with Gasteiger partial charge in [0.05, 0.1) is 13.2 Å². The van der Waals surface area contributed by atoms with Crippen LogP contribution in [0, 0.1) is 0 Å². The third-order valence-corrected chi connectivity index (χ3v) is 3.73. The molecular weight excluding hydrogens is 250 g/mol. The lowest BCUT2D eigenvalue weighted by Gasteiger charge is -2.27. The highest BCUT2D eigenvalue weighted by molar-refractivity contribution is 5.90. The van der Waals surface area contributed by atoms with E-state index in [2.05, 4.69) is 42.1 Å². The minimum absolute atomic E-state index is 0.0909. The first-order chi connectivity index (χ1) is 9.56. The molecule has 1 aromatic rings. The molecule has 0 spiro atoms. The fraction of sp³-hybridized carbons (Fsp3) is 0.438. The molecule has 0 saturated carbocycles. The molecule has 1 aromatic carbocycles. The van der Waals surface area contributed by atoms with Crippen LogP contribution in [0.3, 0.4) is 0 Å². The van der Waals surface area contributed by atoms with Crippen LogP contribution in [0.1, 0.15) is 31.0 Å². The molecule has 1 unspecified atom stereocenters. The molecule has 4 heteroatoms. The molecule has 0 saturated heterocycles. The first kappa shape index (κ1) is 14.6. The van der Waals surface area contributed by atoms with Crippen LogP contribution in [0.25, 0.3) is 0 Å². The van der Waals surface area contributed by atoms with Gasteiger partial charge in [-0.3, -0.25) is 4.90 Å². The van der Waals surface area contributed by atoms with Gasteiger partial charge in [0.1, 0.15) is 11.6 Å². The number of nitrogens with zero attached hydrogens (tertiary/aromatic N) is 2. The average molecular weight is 273 g/mol. The van der Waals surface area contributed by atoms with Crippen molar-refractivity contribution in [1.82, 2.24) is 4.90 Å². The lowest BCUT2D eigenvalue weighted by atomic mass is 9.98. The van der Waals surface area contributed by atoms with E-state index in [4.69, 9.17) is 10.5 Å². The predicted molar refractivity (Wildman–Crippen MR) is 83.1 cm³/mol. The summed E-state index contributed by atoms with van der Waals surface area (Å²) in [5, 5.41) is 0. The minimum Gasteiger partial charge on any atom is -0.496 e. The lowest BCUT2D eigenvalue weighted by Crippen LogP contribution is -2.29. The highest BCUT2D eigenvalue weighted by Gasteiger charge is 2.25. The molecule has 2 rings (SSSR count). The van der Waals surface area contributed by atoms with E-state index in [0.717, 1.165) is 30.0 Å². The van der Waals surface area contributed by atoms with Crippen LogP contribution in [0.5, 0.6) is 5.75 Å². The first-order valence-electron chi connectivity index (χ1n) is 6.94. The van der Waals surface area contributed by atoms with Crippen LogP contribution >= 0.6 is 0 Å². The van der Waals surface area contributed by atoms with Gasteiger partial charge >= 0.3 is 0 Å². The van der Waals surface area contributed by atoms with Gasteiger partial charge in [0.2, 0.25) is 0 Å². The van der Waals surface area contributed by atoms with Crippen molar-refractivity contribution < 1.29 is 4.74 Å². The number of aliphatic imine (C=N–C) groups is 1. The molecule has 1 heterocycles. The largest absolute Gasteiger partial charge is 0.496 e. The number of benzene rings is 1. The second-order valence-corrected chi connectivity index (χ2v) is 5.15. The zero-order chi connectivity index (χ0) is 14.7. The maximum atomic E-state index is 5.86. The Labute approximate surface area is 120 Å². The van der Waals surface area contributed by atoms with E-state index in [9.17, 15) is 0 Å². The SMILES string of the molecule is CCc1ccc(C2C(C)=NC(N)=CCN2C)c(OC)c1. The second kappa shape index (κ2) is 6.09. The summed E-state index contributed by atoms with van der Waals surface area (Å²) in [5.41, 5.74) is 9.25. The molecule has 4 nitrogen and oxygen atoms in total. The molecule has 1 atom stereocenters. The fourth-order valence-corrected chi connectivity index (χ4v) is 2.64. The highest BCUT2D eigenvalue weighted by Crippen LogP contribution is 2.32. The maximum Gasteiger partial charge on any atom is 0.124 e. The molecule has 0 fully saturated rings. The van der Waals surface area contributed by atoms with Crippen molar-refractivity contribution in [3.05, 3.63) is 41.2 Å². The molecule has 0 aromatic heterocycles. The molecule has 2 N–H and O–H groups in total. The Bertz CT molecular complexity index is 549. The van der Waals surface area contributed by atoms with Crippen LogP contribution in [-0.2, 0) is 6.42 Å². The third kappa shape index (κ3) is 2.85. The second-order valence-electron chi connectivity index (χ2n) is 5.15. The number of methoxy groups -OCH3 is 1. The molecule has 20 heavy (non-hydrogen) atoms. The topological polar surface area (TPSA) is 50.8 Å². The summed E-state index contributed by atoms with van der Waals surface area (Å²) in [4.78, 5) is 6.69. The highest BCUT2D eigenvalue weighted by atomic mass is 16.5. The molecule has 108 valence electrons. The average Bonchev–Trinajstić information content (AvgIpc) is 2.57. The van der Waals surface area contributed by atoms with E-state index in [-0.39, 0.29) is 6.04 Å². The van der Waals surface area contributed by atoms with Crippen LogP contribution in [0.15, 0.2) is 35.1 Å². The quantitative estimate of drug-likeness (QED) is 0.920. The van der Waals surface area contributed by atoms with Gasteiger partial charge in [-0.1, -0.05) is 19.1 Å². The number of rotatable bonds is 3. The monoisotopic (exact) mass is 273 g/mol. The number of nitrogens with two attached hydrogens (primary N) is 1. The van der Waals surface area contributed by atoms with Gasteiger partial charge in [-0.05, 0) is 38.1 Å². The molecule has 0 aliphatic carbocycles. The number of likely N-dealkylation sites (N-methyl/N-ethyl adjacent to an activating group) is 1. The zero-order valence-electron chi connectivity index (χ0n) is 12.7. The Morgan fingerprint density at radius 3 is 2.85 bits per heavy atom. The van der Waals surface area contributed by atoms with Crippen LogP contribution < -0.4 is 10.5 Å². The Morgan fingerprint density at radius 2 is 2.20 bits per heavy atom. The van der Waals surface area contributed by atoms with Crippen molar-refractivity contribution >= 4 is 5.71 Å². The first-order valence-corrected chi connectivity index (χ1v) is 6.94. The molecule has 1 aliphatic heterocycles. The Kier molecular flexibility index (Phi) is 4.45. The van der Waals surface area contributed by atoms with Crippen molar-refractivity contribution in [1.29, 1.82) is 0 Å². The van der Waals surface area contributed by atoms with E-state index in [1.807, 2.05) is 13.0 Å². The van der Waals surface area contributed by atoms with Gasteiger partial charge in [0.25, 0.3) is 0 Å². The standard InChI is InChI=1S/C16H23N3O/c1-5-12-6-7-13(14(10-12)20-4)16-11(2)18-15(17)8-9-19(16)3/h6-8,10,16H,5,9,17H2,1-4H3. The summed E-state index contributed by atoms with van der Waals surface area (Å²) in [6, 6.07) is 6.49. The summed E-state index contributed by atoms with van der Waals surface area (Å²) in [7, 11) is 3.79. The molecule has 1 aliphatic rings. The summed E-state index contributed by atoms with van der Waals surface area (Å²) >= 11 is 0. The maximum absolute atomic E-state index is 5.86. The molecule has 0 bridgehead atoms. The number of ether oxygens (including phenoxy) is 1. The summed E-state index contributed by atoms with van der Waals surface area (Å²) in [5.74, 6) is 1.50. The summed E-state index contributed by atoms with van der Waals surface area (Å²) in [6.45, 7) is 4.93. The van der Waals surface area contributed by atoms with Crippen LogP contribution in [0.4, 0.5) is 0 Å². The summed E-state index contributed by atoms with van der Waals surface area (Å²) in [6.07, 6.45) is 2.94.